The standard InChI is InChI=1S/C11H18N2O2S/c1-3-9-7-16-11(13-9)12-6-8(2)4-5-10(14)15/h7-8H,3-6H2,1-2H3,(H,12,13)(H,14,15). The van der Waals surface area contributed by atoms with Crippen molar-refractivity contribution in [1.29, 1.82) is 0 Å². The highest BCUT2D eigenvalue weighted by atomic mass is 32.1. The van der Waals surface area contributed by atoms with Crippen LogP contribution in [0.2, 0.25) is 0 Å². The molecule has 0 saturated heterocycles. The highest BCUT2D eigenvalue weighted by molar-refractivity contribution is 7.13. The molecule has 0 bridgehead atoms. The lowest BCUT2D eigenvalue weighted by Crippen LogP contribution is -2.12. The van der Waals surface area contributed by atoms with Crippen LogP contribution >= 0.6 is 11.3 Å². The van der Waals surface area contributed by atoms with Crippen LogP contribution in [0.4, 0.5) is 5.13 Å². The molecule has 5 heteroatoms. The number of carboxylic acid groups (broad SMARTS) is 1. The van der Waals surface area contributed by atoms with Gasteiger partial charge >= 0.3 is 5.97 Å². The number of carbonyl (C=O) groups is 1. The van der Waals surface area contributed by atoms with E-state index in [0.29, 0.717) is 12.3 Å². The van der Waals surface area contributed by atoms with Gasteiger partial charge in [-0.25, -0.2) is 4.98 Å². The van der Waals surface area contributed by atoms with Gasteiger partial charge in [0.1, 0.15) is 0 Å². The molecule has 0 saturated carbocycles. The van der Waals surface area contributed by atoms with Crippen LogP contribution in [0.15, 0.2) is 5.38 Å². The van der Waals surface area contributed by atoms with E-state index < -0.39 is 5.97 Å². The Balaban J connectivity index is 2.25. The molecule has 1 rings (SSSR count). The van der Waals surface area contributed by atoms with E-state index in [2.05, 4.69) is 17.2 Å². The predicted octanol–water partition coefficient (Wildman–Crippen LogP) is 2.62. The van der Waals surface area contributed by atoms with Gasteiger partial charge in [0, 0.05) is 18.3 Å². The molecule has 90 valence electrons. The maximum Gasteiger partial charge on any atom is 0.303 e. The fourth-order valence-corrected chi connectivity index (χ4v) is 2.09. The van der Waals surface area contributed by atoms with Crippen molar-refractivity contribution in [3.8, 4) is 0 Å². The quantitative estimate of drug-likeness (QED) is 0.771. The van der Waals surface area contributed by atoms with Crippen LogP contribution in [-0.2, 0) is 11.2 Å². The molecule has 0 aliphatic heterocycles. The number of aryl methyl sites for hydroxylation is 1. The van der Waals surface area contributed by atoms with E-state index in [1.165, 1.54) is 0 Å². The highest BCUT2D eigenvalue weighted by Crippen LogP contribution is 2.16. The summed E-state index contributed by atoms with van der Waals surface area (Å²) >= 11 is 1.60. The summed E-state index contributed by atoms with van der Waals surface area (Å²) in [6.07, 6.45) is 1.89. The van der Waals surface area contributed by atoms with Gasteiger partial charge in [-0.05, 0) is 18.8 Å². The van der Waals surface area contributed by atoms with E-state index in [9.17, 15) is 4.79 Å². The Hall–Kier alpha value is -1.10. The molecule has 0 fully saturated rings. The number of nitrogens with one attached hydrogen (secondary N) is 1. The third-order valence-electron chi connectivity index (χ3n) is 2.37. The number of rotatable bonds is 7. The topological polar surface area (TPSA) is 62.2 Å². The maximum atomic E-state index is 10.4. The fraction of sp³-hybridized carbons (Fsp3) is 0.636. The lowest BCUT2D eigenvalue weighted by atomic mass is 10.1. The van der Waals surface area contributed by atoms with Crippen molar-refractivity contribution in [2.75, 3.05) is 11.9 Å². The summed E-state index contributed by atoms with van der Waals surface area (Å²) in [6, 6.07) is 0. The molecular formula is C11H18N2O2S. The number of thiazole rings is 1. The van der Waals surface area contributed by atoms with E-state index in [4.69, 9.17) is 5.11 Å². The predicted molar refractivity (Wildman–Crippen MR) is 66.0 cm³/mol. The molecule has 16 heavy (non-hydrogen) atoms. The summed E-state index contributed by atoms with van der Waals surface area (Å²) in [5.74, 6) is -0.376. The van der Waals surface area contributed by atoms with Gasteiger partial charge in [-0.3, -0.25) is 4.79 Å². The van der Waals surface area contributed by atoms with Crippen LogP contribution < -0.4 is 5.32 Å². The minimum absolute atomic E-state index is 0.237. The van der Waals surface area contributed by atoms with Crippen LogP contribution in [0.3, 0.4) is 0 Å². The van der Waals surface area contributed by atoms with Gasteiger partial charge in [0.15, 0.2) is 5.13 Å². The molecule has 0 aromatic carbocycles. The molecule has 1 aromatic rings. The molecule has 1 atom stereocenters. The lowest BCUT2D eigenvalue weighted by molar-refractivity contribution is -0.137. The molecule has 1 unspecified atom stereocenters. The second-order valence-corrected chi connectivity index (χ2v) is 4.77. The van der Waals surface area contributed by atoms with Gasteiger partial charge in [0.25, 0.3) is 0 Å². The highest BCUT2D eigenvalue weighted by Gasteiger charge is 2.06. The summed E-state index contributed by atoms with van der Waals surface area (Å²) in [6.45, 7) is 4.91. The minimum Gasteiger partial charge on any atom is -0.481 e. The third kappa shape index (κ3) is 4.61. The van der Waals surface area contributed by atoms with Gasteiger partial charge in [-0.2, -0.15) is 0 Å². The van der Waals surface area contributed by atoms with Crippen molar-refractivity contribution in [1.82, 2.24) is 4.98 Å². The SMILES string of the molecule is CCc1csc(NCC(C)CCC(=O)O)n1. The Kier molecular flexibility index (Phi) is 5.25. The molecule has 0 spiro atoms. The van der Waals surface area contributed by atoms with Crippen molar-refractivity contribution >= 4 is 22.4 Å². The maximum absolute atomic E-state index is 10.4. The summed E-state index contributed by atoms with van der Waals surface area (Å²) in [5, 5.41) is 14.8. The van der Waals surface area contributed by atoms with Gasteiger partial charge < -0.3 is 10.4 Å². The average Bonchev–Trinajstić information content (AvgIpc) is 2.71. The molecule has 1 heterocycles. The number of hydrogen-bond donors (Lipinski definition) is 2. The summed E-state index contributed by atoms with van der Waals surface area (Å²) < 4.78 is 0. The molecule has 0 amide bonds. The zero-order valence-electron chi connectivity index (χ0n) is 9.69. The van der Waals surface area contributed by atoms with E-state index in [1.807, 2.05) is 12.3 Å². The van der Waals surface area contributed by atoms with E-state index in [-0.39, 0.29) is 6.42 Å². The monoisotopic (exact) mass is 242 g/mol. The summed E-state index contributed by atoms with van der Waals surface area (Å²) in [5.41, 5.74) is 1.10. The second kappa shape index (κ2) is 6.48. The van der Waals surface area contributed by atoms with Crippen molar-refractivity contribution in [3.05, 3.63) is 11.1 Å². The van der Waals surface area contributed by atoms with Gasteiger partial charge in [-0.1, -0.05) is 13.8 Å². The molecule has 2 N–H and O–H groups in total. The molecule has 0 radical (unpaired) electrons. The Morgan fingerprint density at radius 3 is 3.00 bits per heavy atom. The first-order chi connectivity index (χ1) is 7.61. The zero-order chi connectivity index (χ0) is 12.0. The number of carboxylic acids is 1. The molecule has 1 aromatic heterocycles. The first-order valence-corrected chi connectivity index (χ1v) is 6.39. The Bertz CT molecular complexity index is 338. The molecule has 0 aliphatic carbocycles. The van der Waals surface area contributed by atoms with E-state index in [0.717, 1.165) is 23.8 Å². The Labute approximate surface area is 99.7 Å². The van der Waals surface area contributed by atoms with Crippen molar-refractivity contribution in [2.24, 2.45) is 5.92 Å². The van der Waals surface area contributed by atoms with Crippen molar-refractivity contribution < 1.29 is 9.90 Å². The van der Waals surface area contributed by atoms with Gasteiger partial charge in [-0.15, -0.1) is 11.3 Å². The van der Waals surface area contributed by atoms with Crippen molar-refractivity contribution in [2.45, 2.75) is 33.1 Å². The smallest absolute Gasteiger partial charge is 0.303 e. The summed E-state index contributed by atoms with van der Waals surface area (Å²) in [4.78, 5) is 14.8. The van der Waals surface area contributed by atoms with Crippen LogP contribution in [-0.4, -0.2) is 22.6 Å². The average molecular weight is 242 g/mol. The first kappa shape index (κ1) is 13.0. The largest absolute Gasteiger partial charge is 0.481 e. The number of aromatic nitrogens is 1. The van der Waals surface area contributed by atoms with E-state index in [1.54, 1.807) is 11.3 Å². The Morgan fingerprint density at radius 2 is 2.44 bits per heavy atom. The molecule has 0 aliphatic rings. The number of aliphatic carboxylic acids is 1. The number of hydrogen-bond acceptors (Lipinski definition) is 4. The first-order valence-electron chi connectivity index (χ1n) is 5.52. The van der Waals surface area contributed by atoms with Crippen molar-refractivity contribution in [3.63, 3.8) is 0 Å². The normalized spacial score (nSPS) is 12.4. The number of nitrogens with zero attached hydrogens (tertiary/aromatic N) is 1. The fourth-order valence-electron chi connectivity index (χ4n) is 1.28. The van der Waals surface area contributed by atoms with Crippen LogP contribution in [0.1, 0.15) is 32.4 Å². The Morgan fingerprint density at radius 1 is 1.69 bits per heavy atom. The minimum atomic E-state index is -0.727. The number of anilines is 1. The lowest BCUT2D eigenvalue weighted by Gasteiger charge is -2.10. The molecule has 4 nitrogen and oxygen atoms in total. The second-order valence-electron chi connectivity index (χ2n) is 3.92. The van der Waals surface area contributed by atoms with Gasteiger partial charge in [0.05, 0.1) is 5.69 Å². The zero-order valence-corrected chi connectivity index (χ0v) is 10.5. The van der Waals surface area contributed by atoms with Crippen LogP contribution in [0, 0.1) is 5.92 Å². The van der Waals surface area contributed by atoms with Gasteiger partial charge in [0.2, 0.25) is 0 Å². The van der Waals surface area contributed by atoms with Crippen LogP contribution in [0.25, 0.3) is 0 Å². The van der Waals surface area contributed by atoms with Crippen LogP contribution in [0.5, 0.6) is 0 Å². The third-order valence-corrected chi connectivity index (χ3v) is 3.22. The van der Waals surface area contributed by atoms with E-state index >= 15 is 0 Å². The molecular weight excluding hydrogens is 224 g/mol. The summed E-state index contributed by atoms with van der Waals surface area (Å²) in [7, 11) is 0.